The minimum Gasteiger partial charge on any atom is -0.477 e. The van der Waals surface area contributed by atoms with Crippen molar-refractivity contribution in [3.05, 3.63) is 34.3 Å². The van der Waals surface area contributed by atoms with Gasteiger partial charge >= 0.3 is 5.97 Å². The van der Waals surface area contributed by atoms with Crippen molar-refractivity contribution in [1.82, 2.24) is 4.98 Å². The Hall–Kier alpha value is -1.49. The molecule has 1 aromatic carbocycles. The molecule has 0 amide bonds. The van der Waals surface area contributed by atoms with Gasteiger partial charge in [-0.2, -0.15) is 5.26 Å². The first kappa shape index (κ1) is 14.9. The predicted molar refractivity (Wildman–Crippen MR) is 80.9 cm³/mol. The molecule has 4 nitrogen and oxygen atoms in total. The summed E-state index contributed by atoms with van der Waals surface area (Å²) in [6.45, 7) is 1.67. The minimum absolute atomic E-state index is 0.243. The van der Waals surface area contributed by atoms with Gasteiger partial charge in [-0.15, -0.1) is 23.1 Å². The number of rotatable bonds is 4. The fourth-order valence-electron chi connectivity index (χ4n) is 1.58. The van der Waals surface area contributed by atoms with Gasteiger partial charge in [-0.05, 0) is 25.3 Å². The van der Waals surface area contributed by atoms with Crippen LogP contribution >= 0.6 is 34.9 Å². The van der Waals surface area contributed by atoms with Crippen LogP contribution in [0.15, 0.2) is 32.3 Å². The molecule has 7 heteroatoms. The van der Waals surface area contributed by atoms with Crippen molar-refractivity contribution in [1.29, 1.82) is 5.26 Å². The highest BCUT2D eigenvalue weighted by Gasteiger charge is 2.16. The van der Waals surface area contributed by atoms with E-state index in [1.54, 1.807) is 6.92 Å². The number of thioether (sulfide) groups is 1. The third-order valence-electron chi connectivity index (χ3n) is 2.49. The first-order valence-corrected chi connectivity index (χ1v) is 8.38. The number of aromatic carboxylic acids is 1. The maximum atomic E-state index is 11.0. The summed E-state index contributed by atoms with van der Waals surface area (Å²) < 4.78 is 0.634. The summed E-state index contributed by atoms with van der Waals surface area (Å²) in [5.74, 6) is -0.967. The predicted octanol–water partition coefficient (Wildman–Crippen LogP) is 3.89. The lowest BCUT2D eigenvalue weighted by atomic mass is 10.2. The first-order valence-electron chi connectivity index (χ1n) is 5.52. The zero-order chi connectivity index (χ0) is 14.7. The molecule has 0 spiro atoms. The van der Waals surface area contributed by atoms with E-state index in [0.717, 1.165) is 21.1 Å². The number of nitriles is 1. The van der Waals surface area contributed by atoms with E-state index in [2.05, 4.69) is 11.1 Å². The number of hydrogen-bond acceptors (Lipinski definition) is 6. The minimum atomic E-state index is -0.967. The molecule has 0 atom stereocenters. The molecule has 0 aliphatic heterocycles. The fourth-order valence-corrected chi connectivity index (χ4v) is 4.32. The Morgan fingerprint density at radius 2 is 2.15 bits per heavy atom. The number of aryl methyl sites for hydroxylation is 1. The third-order valence-corrected chi connectivity index (χ3v) is 5.53. The van der Waals surface area contributed by atoms with Crippen LogP contribution < -0.4 is 0 Å². The number of hydrogen-bond donors (Lipinski definition) is 1. The zero-order valence-corrected chi connectivity index (χ0v) is 13.2. The van der Waals surface area contributed by atoms with Gasteiger partial charge < -0.3 is 5.11 Å². The number of benzene rings is 1. The zero-order valence-electron chi connectivity index (χ0n) is 10.7. The molecule has 0 radical (unpaired) electrons. The van der Waals surface area contributed by atoms with Gasteiger partial charge in [-0.1, -0.05) is 17.8 Å². The molecule has 0 fully saturated rings. The summed E-state index contributed by atoms with van der Waals surface area (Å²) in [5.41, 5.74) is 1.11. The summed E-state index contributed by atoms with van der Waals surface area (Å²) in [5, 5.41) is 18.3. The van der Waals surface area contributed by atoms with Gasteiger partial charge in [0.25, 0.3) is 0 Å². The quantitative estimate of drug-likeness (QED) is 0.861. The van der Waals surface area contributed by atoms with Gasteiger partial charge in [0.05, 0.1) is 11.3 Å². The van der Waals surface area contributed by atoms with Crippen LogP contribution in [0.25, 0.3) is 0 Å². The van der Waals surface area contributed by atoms with Crippen LogP contribution in [0, 0.1) is 18.3 Å². The molecule has 1 heterocycles. The summed E-state index contributed by atoms with van der Waals surface area (Å²) in [4.78, 5) is 17.2. The number of carboxylic acids is 1. The van der Waals surface area contributed by atoms with E-state index >= 15 is 0 Å². The monoisotopic (exact) mass is 322 g/mol. The van der Waals surface area contributed by atoms with E-state index < -0.39 is 5.97 Å². The average Bonchev–Trinajstić information content (AvgIpc) is 2.79. The largest absolute Gasteiger partial charge is 0.477 e. The maximum Gasteiger partial charge on any atom is 0.347 e. The maximum absolute atomic E-state index is 11.0. The standard InChI is InChI=1S/C13H10N2O2S3/c1-7-11(12(16)17)20-13(15-7)19-10-5-3-4-9(18-2)8(10)6-14/h3-5H,1-2H3,(H,16,17). The topological polar surface area (TPSA) is 74.0 Å². The Bertz CT molecular complexity index is 704. The van der Waals surface area contributed by atoms with E-state index in [0.29, 0.717) is 15.6 Å². The lowest BCUT2D eigenvalue weighted by Gasteiger charge is -2.05. The van der Waals surface area contributed by atoms with E-state index in [1.165, 1.54) is 23.5 Å². The molecule has 0 unspecified atom stereocenters. The van der Waals surface area contributed by atoms with Crippen LogP contribution in [0.1, 0.15) is 20.9 Å². The molecule has 1 aromatic heterocycles. The molecular weight excluding hydrogens is 312 g/mol. The molecule has 0 saturated carbocycles. The van der Waals surface area contributed by atoms with E-state index in [9.17, 15) is 10.1 Å². The second kappa shape index (κ2) is 6.31. The number of thiazole rings is 1. The Labute approximate surface area is 128 Å². The summed E-state index contributed by atoms with van der Waals surface area (Å²) >= 11 is 3.97. The molecule has 0 saturated heterocycles. The summed E-state index contributed by atoms with van der Waals surface area (Å²) in [6.07, 6.45) is 1.92. The number of aromatic nitrogens is 1. The highest BCUT2D eigenvalue weighted by molar-refractivity contribution is 8.01. The van der Waals surface area contributed by atoms with Crippen LogP contribution in [-0.2, 0) is 0 Å². The number of carboxylic acid groups (broad SMARTS) is 1. The van der Waals surface area contributed by atoms with Crippen LogP contribution in [0.3, 0.4) is 0 Å². The van der Waals surface area contributed by atoms with Gasteiger partial charge in [-0.25, -0.2) is 9.78 Å². The van der Waals surface area contributed by atoms with Crippen molar-refractivity contribution in [3.8, 4) is 6.07 Å². The molecule has 2 aromatic rings. The van der Waals surface area contributed by atoms with Gasteiger partial charge in [-0.3, -0.25) is 0 Å². The van der Waals surface area contributed by atoms with Crippen LogP contribution in [0.2, 0.25) is 0 Å². The second-order valence-electron chi connectivity index (χ2n) is 3.75. The van der Waals surface area contributed by atoms with E-state index in [-0.39, 0.29) is 4.88 Å². The average molecular weight is 322 g/mol. The lowest BCUT2D eigenvalue weighted by molar-refractivity contribution is 0.0701. The Morgan fingerprint density at radius 1 is 1.45 bits per heavy atom. The van der Waals surface area contributed by atoms with Crippen LogP contribution in [-0.4, -0.2) is 22.3 Å². The first-order chi connectivity index (χ1) is 9.56. The molecule has 102 valence electrons. The Kier molecular flexibility index (Phi) is 4.70. The van der Waals surface area contributed by atoms with Crippen molar-refractivity contribution in [3.63, 3.8) is 0 Å². The van der Waals surface area contributed by atoms with Crippen LogP contribution in [0.5, 0.6) is 0 Å². The van der Waals surface area contributed by atoms with Crippen molar-refractivity contribution in [2.24, 2.45) is 0 Å². The van der Waals surface area contributed by atoms with E-state index in [1.807, 2.05) is 24.5 Å². The second-order valence-corrected chi connectivity index (χ2v) is 6.88. The van der Waals surface area contributed by atoms with Crippen molar-refractivity contribution >= 4 is 40.8 Å². The Morgan fingerprint density at radius 3 is 2.70 bits per heavy atom. The van der Waals surface area contributed by atoms with Crippen molar-refractivity contribution in [2.75, 3.05) is 6.26 Å². The van der Waals surface area contributed by atoms with Crippen molar-refractivity contribution in [2.45, 2.75) is 21.1 Å². The molecule has 0 aliphatic rings. The SMILES string of the molecule is CSc1cccc(Sc2nc(C)c(C(=O)O)s2)c1C#N. The summed E-state index contributed by atoms with van der Waals surface area (Å²) in [7, 11) is 0. The van der Waals surface area contributed by atoms with Gasteiger partial charge in [0, 0.05) is 9.79 Å². The smallest absolute Gasteiger partial charge is 0.347 e. The third kappa shape index (κ3) is 2.98. The normalized spacial score (nSPS) is 10.2. The fraction of sp³-hybridized carbons (Fsp3) is 0.154. The summed E-state index contributed by atoms with van der Waals surface area (Å²) in [6, 6.07) is 7.82. The molecule has 20 heavy (non-hydrogen) atoms. The molecular formula is C13H10N2O2S3. The molecule has 0 aliphatic carbocycles. The highest BCUT2D eigenvalue weighted by Crippen LogP contribution is 2.37. The van der Waals surface area contributed by atoms with Crippen molar-refractivity contribution < 1.29 is 9.90 Å². The lowest BCUT2D eigenvalue weighted by Crippen LogP contribution is -1.94. The van der Waals surface area contributed by atoms with Gasteiger partial charge in [0.1, 0.15) is 10.9 Å². The van der Waals surface area contributed by atoms with Crippen LogP contribution in [0.4, 0.5) is 0 Å². The Balaban J connectivity index is 2.38. The number of nitrogens with zero attached hydrogens (tertiary/aromatic N) is 2. The highest BCUT2D eigenvalue weighted by atomic mass is 32.2. The van der Waals surface area contributed by atoms with Gasteiger partial charge in [0.15, 0.2) is 4.34 Å². The molecule has 1 N–H and O–H groups in total. The number of carbonyl (C=O) groups is 1. The van der Waals surface area contributed by atoms with E-state index in [4.69, 9.17) is 5.11 Å². The molecule has 2 rings (SSSR count). The van der Waals surface area contributed by atoms with Gasteiger partial charge in [0.2, 0.25) is 0 Å². The molecule has 0 bridgehead atoms.